The Hall–Kier alpha value is -1.85. The molecule has 6 heteroatoms. The molecule has 19 heavy (non-hydrogen) atoms. The number of hydrogen-bond acceptors (Lipinski definition) is 3. The lowest BCUT2D eigenvalue weighted by molar-refractivity contribution is -0.142. The second kappa shape index (κ2) is 8.29. The molecule has 0 rings (SSSR count). The maximum absolute atomic E-state index is 12.0. The Morgan fingerprint density at radius 1 is 1.21 bits per heavy atom. The summed E-state index contributed by atoms with van der Waals surface area (Å²) in [7, 11) is 0. The van der Waals surface area contributed by atoms with E-state index in [1.54, 1.807) is 0 Å². The quantitative estimate of drug-likeness (QED) is 0.565. The van der Waals surface area contributed by atoms with Gasteiger partial charge in [0.15, 0.2) is 0 Å². The lowest BCUT2D eigenvalue weighted by Gasteiger charge is -2.21. The number of carboxylic acid groups (broad SMARTS) is 1. The highest BCUT2D eigenvalue weighted by molar-refractivity contribution is 5.89. The van der Waals surface area contributed by atoms with Crippen LogP contribution in [0.4, 0.5) is 0 Å². The molecule has 0 unspecified atom stereocenters. The molecule has 2 amide bonds. The smallest absolute Gasteiger partial charge is 0.326 e. The number of carbonyl (C=O) groups excluding carboxylic acids is 2. The average molecular weight is 270 g/mol. The summed E-state index contributed by atoms with van der Waals surface area (Å²) in [5.41, 5.74) is 0. The summed E-state index contributed by atoms with van der Waals surface area (Å²) in [5.74, 6) is -1.74. The molecule has 0 bridgehead atoms. The molecule has 0 aliphatic rings. The van der Waals surface area contributed by atoms with Gasteiger partial charge in [0.2, 0.25) is 11.8 Å². The van der Waals surface area contributed by atoms with Crippen molar-refractivity contribution in [3.8, 4) is 0 Å². The van der Waals surface area contributed by atoms with E-state index in [-0.39, 0.29) is 18.2 Å². The molecule has 0 spiro atoms. The summed E-state index contributed by atoms with van der Waals surface area (Å²) < 4.78 is 0. The number of nitrogens with one attached hydrogen (secondary N) is 2. The zero-order valence-corrected chi connectivity index (χ0v) is 11.6. The zero-order chi connectivity index (χ0) is 15.0. The van der Waals surface area contributed by atoms with Crippen molar-refractivity contribution < 1.29 is 19.5 Å². The van der Waals surface area contributed by atoms with Crippen LogP contribution in [-0.4, -0.2) is 35.0 Å². The van der Waals surface area contributed by atoms with E-state index in [2.05, 4.69) is 17.2 Å². The minimum absolute atomic E-state index is 0.134. The van der Waals surface area contributed by atoms with Gasteiger partial charge in [-0.25, -0.2) is 4.79 Å². The molecule has 0 aromatic heterocycles. The van der Waals surface area contributed by atoms with Crippen LogP contribution in [0.5, 0.6) is 0 Å². The van der Waals surface area contributed by atoms with E-state index in [9.17, 15) is 14.4 Å². The van der Waals surface area contributed by atoms with Crippen molar-refractivity contribution in [1.82, 2.24) is 10.6 Å². The third-order valence-electron chi connectivity index (χ3n) is 2.42. The minimum atomic E-state index is -1.13. The van der Waals surface area contributed by atoms with Crippen LogP contribution < -0.4 is 10.6 Å². The SMILES string of the molecule is C=CC[C@H](NC(=O)[C@H](CC(C)C)NC(C)=O)C(=O)O. The fourth-order valence-electron chi connectivity index (χ4n) is 1.61. The number of carboxylic acids is 1. The van der Waals surface area contributed by atoms with Gasteiger partial charge in [-0.15, -0.1) is 6.58 Å². The van der Waals surface area contributed by atoms with Gasteiger partial charge in [0.1, 0.15) is 12.1 Å². The lowest BCUT2D eigenvalue weighted by Crippen LogP contribution is -2.51. The molecule has 0 aliphatic heterocycles. The van der Waals surface area contributed by atoms with E-state index >= 15 is 0 Å². The highest BCUT2D eigenvalue weighted by atomic mass is 16.4. The minimum Gasteiger partial charge on any atom is -0.480 e. The Labute approximate surface area is 113 Å². The van der Waals surface area contributed by atoms with Gasteiger partial charge in [-0.1, -0.05) is 19.9 Å². The van der Waals surface area contributed by atoms with Crippen molar-refractivity contribution >= 4 is 17.8 Å². The number of amides is 2. The van der Waals surface area contributed by atoms with Crippen molar-refractivity contribution in [3.63, 3.8) is 0 Å². The third-order valence-corrected chi connectivity index (χ3v) is 2.42. The Morgan fingerprint density at radius 3 is 2.16 bits per heavy atom. The first-order valence-electron chi connectivity index (χ1n) is 6.19. The summed E-state index contributed by atoms with van der Waals surface area (Å²) >= 11 is 0. The molecular weight excluding hydrogens is 248 g/mol. The molecule has 0 aromatic carbocycles. The predicted molar refractivity (Wildman–Crippen MR) is 71.4 cm³/mol. The molecule has 0 heterocycles. The molecule has 0 aliphatic carbocycles. The van der Waals surface area contributed by atoms with Crippen LogP contribution in [0.15, 0.2) is 12.7 Å². The Bertz CT molecular complexity index is 353. The normalized spacial score (nSPS) is 13.5. The van der Waals surface area contributed by atoms with Gasteiger partial charge in [-0.3, -0.25) is 9.59 Å². The van der Waals surface area contributed by atoms with Crippen molar-refractivity contribution in [1.29, 1.82) is 0 Å². The topological polar surface area (TPSA) is 95.5 Å². The summed E-state index contributed by atoms with van der Waals surface area (Å²) in [4.78, 5) is 34.0. The van der Waals surface area contributed by atoms with E-state index in [1.807, 2.05) is 13.8 Å². The Morgan fingerprint density at radius 2 is 1.79 bits per heavy atom. The van der Waals surface area contributed by atoms with E-state index in [4.69, 9.17) is 5.11 Å². The van der Waals surface area contributed by atoms with Gasteiger partial charge < -0.3 is 15.7 Å². The van der Waals surface area contributed by atoms with Crippen LogP contribution >= 0.6 is 0 Å². The Kier molecular flexibility index (Phi) is 7.48. The largest absolute Gasteiger partial charge is 0.480 e. The maximum Gasteiger partial charge on any atom is 0.326 e. The van der Waals surface area contributed by atoms with Crippen LogP contribution in [0.25, 0.3) is 0 Å². The van der Waals surface area contributed by atoms with Gasteiger partial charge in [0.25, 0.3) is 0 Å². The number of carbonyl (C=O) groups is 3. The zero-order valence-electron chi connectivity index (χ0n) is 11.6. The summed E-state index contributed by atoms with van der Waals surface area (Å²) in [6.07, 6.45) is 2.01. The van der Waals surface area contributed by atoms with Crippen LogP contribution in [0.3, 0.4) is 0 Å². The van der Waals surface area contributed by atoms with Gasteiger partial charge in [-0.2, -0.15) is 0 Å². The first kappa shape index (κ1) is 17.2. The number of aliphatic carboxylic acids is 1. The second-order valence-electron chi connectivity index (χ2n) is 4.81. The van der Waals surface area contributed by atoms with Crippen LogP contribution in [0.2, 0.25) is 0 Å². The maximum atomic E-state index is 12.0. The van der Waals surface area contributed by atoms with Crippen molar-refractivity contribution in [2.75, 3.05) is 0 Å². The highest BCUT2D eigenvalue weighted by Crippen LogP contribution is 2.06. The number of rotatable bonds is 8. The van der Waals surface area contributed by atoms with Gasteiger partial charge in [0, 0.05) is 6.92 Å². The third kappa shape index (κ3) is 7.23. The van der Waals surface area contributed by atoms with E-state index < -0.39 is 24.0 Å². The molecule has 0 radical (unpaired) electrons. The van der Waals surface area contributed by atoms with Crippen molar-refractivity contribution in [2.24, 2.45) is 5.92 Å². The van der Waals surface area contributed by atoms with Crippen LogP contribution in [0, 0.1) is 5.92 Å². The fourth-order valence-corrected chi connectivity index (χ4v) is 1.61. The lowest BCUT2D eigenvalue weighted by atomic mass is 10.0. The van der Waals surface area contributed by atoms with Crippen molar-refractivity contribution in [2.45, 2.75) is 45.7 Å². The van der Waals surface area contributed by atoms with Crippen LogP contribution in [-0.2, 0) is 14.4 Å². The standard InChI is InChI=1S/C13H22N2O4/c1-5-6-10(13(18)19)15-12(17)11(7-8(2)3)14-9(4)16/h5,8,10-11H,1,6-7H2,2-4H3,(H,14,16)(H,15,17)(H,18,19)/t10-,11-/m0/s1. The van der Waals surface area contributed by atoms with Gasteiger partial charge >= 0.3 is 5.97 Å². The van der Waals surface area contributed by atoms with E-state index in [0.717, 1.165) is 0 Å². The van der Waals surface area contributed by atoms with E-state index in [1.165, 1.54) is 13.0 Å². The molecule has 3 N–H and O–H groups in total. The molecule has 2 atom stereocenters. The van der Waals surface area contributed by atoms with Crippen molar-refractivity contribution in [3.05, 3.63) is 12.7 Å². The molecule has 6 nitrogen and oxygen atoms in total. The summed E-state index contributed by atoms with van der Waals surface area (Å²) in [6.45, 7) is 8.60. The Balaban J connectivity index is 4.72. The van der Waals surface area contributed by atoms with Gasteiger partial charge in [-0.05, 0) is 18.8 Å². The molecule has 0 aromatic rings. The molecule has 0 saturated heterocycles. The first-order valence-corrected chi connectivity index (χ1v) is 6.19. The average Bonchev–Trinajstić information content (AvgIpc) is 2.25. The molecule has 108 valence electrons. The predicted octanol–water partition coefficient (Wildman–Crippen LogP) is 0.683. The summed E-state index contributed by atoms with van der Waals surface area (Å²) in [5, 5.41) is 13.9. The second-order valence-corrected chi connectivity index (χ2v) is 4.81. The monoisotopic (exact) mass is 270 g/mol. The molecular formula is C13H22N2O4. The summed E-state index contributed by atoms with van der Waals surface area (Å²) in [6, 6.07) is -1.74. The fraction of sp³-hybridized carbons (Fsp3) is 0.615. The first-order chi connectivity index (χ1) is 8.77. The van der Waals surface area contributed by atoms with Gasteiger partial charge in [0.05, 0.1) is 0 Å². The molecule has 0 fully saturated rings. The molecule has 0 saturated carbocycles. The van der Waals surface area contributed by atoms with Crippen LogP contribution in [0.1, 0.15) is 33.6 Å². The van der Waals surface area contributed by atoms with E-state index in [0.29, 0.717) is 6.42 Å². The number of hydrogen-bond donors (Lipinski definition) is 3. The highest BCUT2D eigenvalue weighted by Gasteiger charge is 2.25.